The molecule has 0 unspecified atom stereocenters. The van der Waals surface area contributed by atoms with E-state index in [0.717, 1.165) is 37.8 Å². The molecule has 0 radical (unpaired) electrons. The Labute approximate surface area is 115 Å². The fourth-order valence-corrected chi connectivity index (χ4v) is 2.67. The lowest BCUT2D eigenvalue weighted by Gasteiger charge is -2.31. The molecule has 1 aliphatic heterocycles. The molecular weight excluding hydrogens is 238 g/mol. The summed E-state index contributed by atoms with van der Waals surface area (Å²) in [5, 5.41) is 0. The molecule has 1 aromatic carbocycles. The van der Waals surface area contributed by atoms with Crippen molar-refractivity contribution in [3.8, 4) is 5.75 Å². The van der Waals surface area contributed by atoms with Crippen molar-refractivity contribution in [3.05, 3.63) is 30.3 Å². The summed E-state index contributed by atoms with van der Waals surface area (Å²) in [5.41, 5.74) is 0. The van der Waals surface area contributed by atoms with E-state index in [2.05, 4.69) is 13.8 Å². The van der Waals surface area contributed by atoms with Crippen molar-refractivity contribution < 1.29 is 9.53 Å². The minimum Gasteiger partial charge on any atom is -0.410 e. The third-order valence-electron chi connectivity index (χ3n) is 3.63. The van der Waals surface area contributed by atoms with Gasteiger partial charge in [-0.25, -0.2) is 4.79 Å². The Kier molecular flexibility index (Phi) is 4.83. The van der Waals surface area contributed by atoms with Gasteiger partial charge in [-0.3, -0.25) is 0 Å². The van der Waals surface area contributed by atoms with E-state index in [-0.39, 0.29) is 6.09 Å². The molecule has 1 amide bonds. The standard InChI is InChI=1S/C16H23NO2/c1-13(2)12-14-8-10-17(11-9-14)16(18)19-15-6-4-3-5-7-15/h3-7,13-14H,8-12H2,1-2H3. The van der Waals surface area contributed by atoms with E-state index < -0.39 is 0 Å². The van der Waals surface area contributed by atoms with Crippen molar-refractivity contribution in [2.24, 2.45) is 11.8 Å². The molecular formula is C16H23NO2. The maximum Gasteiger partial charge on any atom is 0.415 e. The first-order valence-electron chi connectivity index (χ1n) is 7.17. The zero-order valence-electron chi connectivity index (χ0n) is 11.8. The average Bonchev–Trinajstić information content (AvgIpc) is 2.40. The number of amides is 1. The van der Waals surface area contributed by atoms with Crippen LogP contribution in [0.2, 0.25) is 0 Å². The number of benzene rings is 1. The van der Waals surface area contributed by atoms with Gasteiger partial charge < -0.3 is 9.64 Å². The molecule has 1 aliphatic rings. The lowest BCUT2D eigenvalue weighted by molar-refractivity contribution is 0.127. The lowest BCUT2D eigenvalue weighted by atomic mass is 9.89. The fraction of sp³-hybridized carbons (Fsp3) is 0.562. The number of rotatable bonds is 3. The number of carbonyl (C=O) groups excluding carboxylic acids is 1. The summed E-state index contributed by atoms with van der Waals surface area (Å²) >= 11 is 0. The van der Waals surface area contributed by atoms with E-state index in [1.54, 1.807) is 0 Å². The number of ether oxygens (including phenoxy) is 1. The molecule has 19 heavy (non-hydrogen) atoms. The molecule has 0 saturated carbocycles. The van der Waals surface area contributed by atoms with Crippen LogP contribution in [-0.4, -0.2) is 24.1 Å². The van der Waals surface area contributed by atoms with Crippen LogP contribution in [0.3, 0.4) is 0 Å². The van der Waals surface area contributed by atoms with Gasteiger partial charge in [-0.15, -0.1) is 0 Å². The lowest BCUT2D eigenvalue weighted by Crippen LogP contribution is -2.40. The van der Waals surface area contributed by atoms with Crippen molar-refractivity contribution >= 4 is 6.09 Å². The SMILES string of the molecule is CC(C)CC1CCN(C(=O)Oc2ccccc2)CC1. The Balaban J connectivity index is 1.79. The monoisotopic (exact) mass is 261 g/mol. The normalized spacial score (nSPS) is 16.7. The molecule has 0 aliphatic carbocycles. The van der Waals surface area contributed by atoms with E-state index in [1.807, 2.05) is 35.2 Å². The largest absolute Gasteiger partial charge is 0.415 e. The van der Waals surface area contributed by atoms with Gasteiger partial charge in [0.2, 0.25) is 0 Å². The van der Waals surface area contributed by atoms with Crippen molar-refractivity contribution in [2.75, 3.05) is 13.1 Å². The van der Waals surface area contributed by atoms with E-state index in [1.165, 1.54) is 6.42 Å². The predicted octanol–water partition coefficient (Wildman–Crippen LogP) is 3.94. The van der Waals surface area contributed by atoms with Crippen LogP contribution in [0.15, 0.2) is 30.3 Å². The average molecular weight is 261 g/mol. The summed E-state index contributed by atoms with van der Waals surface area (Å²) in [7, 11) is 0. The molecule has 1 heterocycles. The molecule has 1 saturated heterocycles. The molecule has 0 atom stereocenters. The third kappa shape index (κ3) is 4.27. The van der Waals surface area contributed by atoms with Gasteiger partial charge in [0.15, 0.2) is 0 Å². The Morgan fingerprint density at radius 3 is 2.47 bits per heavy atom. The van der Waals surface area contributed by atoms with Crippen molar-refractivity contribution in [3.63, 3.8) is 0 Å². The Morgan fingerprint density at radius 1 is 1.26 bits per heavy atom. The minimum atomic E-state index is -0.214. The van der Waals surface area contributed by atoms with Crippen LogP contribution < -0.4 is 4.74 Å². The second kappa shape index (κ2) is 6.60. The first-order valence-corrected chi connectivity index (χ1v) is 7.17. The molecule has 104 valence electrons. The second-order valence-corrected chi connectivity index (χ2v) is 5.74. The summed E-state index contributed by atoms with van der Waals surface area (Å²) < 4.78 is 5.36. The van der Waals surface area contributed by atoms with Gasteiger partial charge in [0, 0.05) is 13.1 Å². The summed E-state index contributed by atoms with van der Waals surface area (Å²) in [4.78, 5) is 13.8. The van der Waals surface area contributed by atoms with E-state index >= 15 is 0 Å². The van der Waals surface area contributed by atoms with Gasteiger partial charge in [0.05, 0.1) is 0 Å². The Morgan fingerprint density at radius 2 is 1.89 bits per heavy atom. The first kappa shape index (κ1) is 13.9. The van der Waals surface area contributed by atoms with Crippen LogP contribution in [0, 0.1) is 11.8 Å². The van der Waals surface area contributed by atoms with Gasteiger partial charge >= 0.3 is 6.09 Å². The van der Waals surface area contributed by atoms with Crippen LogP contribution in [0.1, 0.15) is 33.1 Å². The highest BCUT2D eigenvalue weighted by atomic mass is 16.6. The van der Waals surface area contributed by atoms with E-state index in [0.29, 0.717) is 5.75 Å². The van der Waals surface area contributed by atoms with Gasteiger partial charge in [-0.05, 0) is 43.2 Å². The maximum atomic E-state index is 12.0. The highest BCUT2D eigenvalue weighted by Gasteiger charge is 2.24. The molecule has 0 spiro atoms. The molecule has 0 N–H and O–H groups in total. The number of hydrogen-bond acceptors (Lipinski definition) is 2. The van der Waals surface area contributed by atoms with Crippen LogP contribution in [0.25, 0.3) is 0 Å². The highest BCUT2D eigenvalue weighted by Crippen LogP contribution is 2.24. The molecule has 1 aromatic rings. The maximum absolute atomic E-state index is 12.0. The molecule has 0 aromatic heterocycles. The fourth-order valence-electron chi connectivity index (χ4n) is 2.67. The van der Waals surface area contributed by atoms with Crippen molar-refractivity contribution in [2.45, 2.75) is 33.1 Å². The highest BCUT2D eigenvalue weighted by molar-refractivity contribution is 5.70. The van der Waals surface area contributed by atoms with Gasteiger partial charge in [-0.2, -0.15) is 0 Å². The summed E-state index contributed by atoms with van der Waals surface area (Å²) in [6, 6.07) is 9.27. The van der Waals surface area contributed by atoms with E-state index in [4.69, 9.17) is 4.74 Å². The number of nitrogens with zero attached hydrogens (tertiary/aromatic N) is 1. The molecule has 3 heteroatoms. The first-order chi connectivity index (χ1) is 9.15. The van der Waals surface area contributed by atoms with Crippen LogP contribution in [0.5, 0.6) is 5.75 Å². The van der Waals surface area contributed by atoms with Gasteiger partial charge in [0.25, 0.3) is 0 Å². The van der Waals surface area contributed by atoms with Gasteiger partial charge in [0.1, 0.15) is 5.75 Å². The zero-order chi connectivity index (χ0) is 13.7. The van der Waals surface area contributed by atoms with Crippen LogP contribution in [-0.2, 0) is 0 Å². The van der Waals surface area contributed by atoms with Gasteiger partial charge in [-0.1, -0.05) is 32.0 Å². The molecule has 2 rings (SSSR count). The summed E-state index contributed by atoms with van der Waals surface area (Å²) in [5.74, 6) is 2.13. The molecule has 0 bridgehead atoms. The Hall–Kier alpha value is -1.51. The van der Waals surface area contributed by atoms with Crippen molar-refractivity contribution in [1.29, 1.82) is 0 Å². The molecule has 3 nitrogen and oxygen atoms in total. The van der Waals surface area contributed by atoms with Crippen LogP contribution >= 0.6 is 0 Å². The summed E-state index contributed by atoms with van der Waals surface area (Å²) in [6.07, 6.45) is 3.25. The summed E-state index contributed by atoms with van der Waals surface area (Å²) in [6.45, 7) is 6.16. The molecule has 1 fully saturated rings. The predicted molar refractivity (Wildman–Crippen MR) is 76.2 cm³/mol. The number of carbonyl (C=O) groups is 1. The number of para-hydroxylation sites is 1. The number of piperidine rings is 1. The van der Waals surface area contributed by atoms with E-state index in [9.17, 15) is 4.79 Å². The Bertz CT molecular complexity index is 394. The second-order valence-electron chi connectivity index (χ2n) is 5.74. The quantitative estimate of drug-likeness (QED) is 0.824. The minimum absolute atomic E-state index is 0.214. The van der Waals surface area contributed by atoms with Crippen molar-refractivity contribution in [1.82, 2.24) is 4.90 Å². The number of hydrogen-bond donors (Lipinski definition) is 0. The number of likely N-dealkylation sites (tertiary alicyclic amines) is 1. The smallest absolute Gasteiger partial charge is 0.410 e. The topological polar surface area (TPSA) is 29.5 Å². The van der Waals surface area contributed by atoms with Crippen LogP contribution in [0.4, 0.5) is 4.79 Å². The third-order valence-corrected chi connectivity index (χ3v) is 3.63. The zero-order valence-corrected chi connectivity index (χ0v) is 11.8.